The SMILES string of the molecule is CC(C)NCC1(CCS(C)(=O)=O)CC1. The maximum atomic E-state index is 11.0. The minimum Gasteiger partial charge on any atom is -0.314 e. The van der Waals surface area contributed by atoms with E-state index in [-0.39, 0.29) is 0 Å². The Morgan fingerprint density at radius 3 is 2.29 bits per heavy atom. The molecule has 0 heterocycles. The molecule has 1 saturated carbocycles. The van der Waals surface area contributed by atoms with Gasteiger partial charge in [-0.2, -0.15) is 0 Å². The van der Waals surface area contributed by atoms with Crippen molar-refractivity contribution in [1.82, 2.24) is 5.32 Å². The fraction of sp³-hybridized carbons (Fsp3) is 1.00. The normalized spacial score (nSPS) is 20.0. The van der Waals surface area contributed by atoms with E-state index in [0.29, 0.717) is 17.2 Å². The molecule has 0 aromatic rings. The fourth-order valence-electron chi connectivity index (χ4n) is 1.51. The van der Waals surface area contributed by atoms with Gasteiger partial charge in [-0.25, -0.2) is 8.42 Å². The zero-order valence-electron chi connectivity index (χ0n) is 9.34. The quantitative estimate of drug-likeness (QED) is 0.730. The zero-order chi connectivity index (χ0) is 10.8. The molecule has 0 unspecified atom stereocenters. The van der Waals surface area contributed by atoms with E-state index in [4.69, 9.17) is 0 Å². The summed E-state index contributed by atoms with van der Waals surface area (Å²) in [7, 11) is -2.78. The Morgan fingerprint density at radius 2 is 1.93 bits per heavy atom. The average molecular weight is 219 g/mol. The van der Waals surface area contributed by atoms with Crippen LogP contribution in [0.4, 0.5) is 0 Å². The van der Waals surface area contributed by atoms with Gasteiger partial charge in [-0.15, -0.1) is 0 Å². The van der Waals surface area contributed by atoms with Crippen molar-refractivity contribution in [3.8, 4) is 0 Å². The lowest BCUT2D eigenvalue weighted by molar-refractivity contribution is 0.420. The molecule has 0 atom stereocenters. The van der Waals surface area contributed by atoms with E-state index >= 15 is 0 Å². The van der Waals surface area contributed by atoms with Gasteiger partial charge in [0, 0.05) is 18.8 Å². The van der Waals surface area contributed by atoms with Crippen LogP contribution in [0.1, 0.15) is 33.1 Å². The molecule has 0 aliphatic heterocycles. The summed E-state index contributed by atoms with van der Waals surface area (Å²) in [5, 5.41) is 3.39. The van der Waals surface area contributed by atoms with Crippen molar-refractivity contribution < 1.29 is 8.42 Å². The van der Waals surface area contributed by atoms with Crippen molar-refractivity contribution >= 4 is 9.84 Å². The molecular formula is C10H21NO2S. The molecule has 84 valence electrons. The van der Waals surface area contributed by atoms with Crippen LogP contribution in [0.3, 0.4) is 0 Å². The van der Waals surface area contributed by atoms with Crippen LogP contribution in [0.2, 0.25) is 0 Å². The van der Waals surface area contributed by atoms with Crippen LogP contribution < -0.4 is 5.32 Å². The highest BCUT2D eigenvalue weighted by Gasteiger charge is 2.42. The van der Waals surface area contributed by atoms with Gasteiger partial charge in [0.25, 0.3) is 0 Å². The largest absolute Gasteiger partial charge is 0.314 e. The smallest absolute Gasteiger partial charge is 0.147 e. The molecule has 0 saturated heterocycles. The molecule has 0 aromatic carbocycles. The molecule has 1 N–H and O–H groups in total. The predicted molar refractivity (Wildman–Crippen MR) is 59.1 cm³/mol. The highest BCUT2D eigenvalue weighted by Crippen LogP contribution is 2.48. The maximum Gasteiger partial charge on any atom is 0.147 e. The van der Waals surface area contributed by atoms with E-state index in [9.17, 15) is 8.42 Å². The Hall–Kier alpha value is -0.0900. The van der Waals surface area contributed by atoms with Crippen molar-refractivity contribution in [3.63, 3.8) is 0 Å². The first kappa shape index (κ1) is 12.0. The standard InChI is InChI=1S/C10H21NO2S/c1-9(2)11-8-10(4-5-10)6-7-14(3,12)13/h9,11H,4-8H2,1-3H3. The van der Waals surface area contributed by atoms with Gasteiger partial charge in [0.1, 0.15) is 9.84 Å². The molecule has 1 aliphatic rings. The summed E-state index contributed by atoms with van der Waals surface area (Å²) in [5.74, 6) is 0.340. The van der Waals surface area contributed by atoms with Crippen LogP contribution in [0.5, 0.6) is 0 Å². The van der Waals surface area contributed by atoms with Gasteiger partial charge < -0.3 is 5.32 Å². The van der Waals surface area contributed by atoms with Gasteiger partial charge in [0.2, 0.25) is 0 Å². The summed E-state index contributed by atoms with van der Waals surface area (Å²) >= 11 is 0. The number of sulfone groups is 1. The lowest BCUT2D eigenvalue weighted by Gasteiger charge is -2.17. The third-order valence-electron chi connectivity index (χ3n) is 2.85. The van der Waals surface area contributed by atoms with Crippen molar-refractivity contribution in [2.75, 3.05) is 18.6 Å². The van der Waals surface area contributed by atoms with Crippen LogP contribution >= 0.6 is 0 Å². The van der Waals surface area contributed by atoms with Gasteiger partial charge in [-0.1, -0.05) is 13.8 Å². The van der Waals surface area contributed by atoms with Gasteiger partial charge in [-0.05, 0) is 24.7 Å². The van der Waals surface area contributed by atoms with Gasteiger partial charge >= 0.3 is 0 Å². The fourth-order valence-corrected chi connectivity index (χ4v) is 2.32. The molecule has 0 radical (unpaired) electrons. The van der Waals surface area contributed by atoms with Gasteiger partial charge in [0.15, 0.2) is 0 Å². The minimum absolute atomic E-state index is 0.299. The summed E-state index contributed by atoms with van der Waals surface area (Å²) in [6.07, 6.45) is 4.51. The molecule has 1 aliphatic carbocycles. The first-order valence-electron chi connectivity index (χ1n) is 5.24. The molecule has 14 heavy (non-hydrogen) atoms. The summed E-state index contributed by atoms with van der Waals surface area (Å²) in [6, 6.07) is 0.491. The van der Waals surface area contributed by atoms with Crippen molar-refractivity contribution in [2.45, 2.75) is 39.2 Å². The Kier molecular flexibility index (Phi) is 3.58. The second-order valence-corrected chi connectivity index (χ2v) is 7.18. The van der Waals surface area contributed by atoms with E-state index in [1.807, 2.05) is 0 Å². The van der Waals surface area contributed by atoms with Crippen LogP contribution in [0.25, 0.3) is 0 Å². The van der Waals surface area contributed by atoms with Crippen LogP contribution in [0, 0.1) is 5.41 Å². The number of hydrogen-bond donors (Lipinski definition) is 1. The van der Waals surface area contributed by atoms with E-state index in [0.717, 1.165) is 13.0 Å². The number of hydrogen-bond acceptors (Lipinski definition) is 3. The molecule has 4 heteroatoms. The molecule has 0 amide bonds. The van der Waals surface area contributed by atoms with E-state index < -0.39 is 9.84 Å². The maximum absolute atomic E-state index is 11.0. The van der Waals surface area contributed by atoms with Gasteiger partial charge in [0.05, 0.1) is 5.75 Å². The highest BCUT2D eigenvalue weighted by atomic mass is 32.2. The first-order valence-corrected chi connectivity index (χ1v) is 7.30. The average Bonchev–Trinajstić information content (AvgIpc) is 2.77. The van der Waals surface area contributed by atoms with E-state index in [1.54, 1.807) is 0 Å². The molecular weight excluding hydrogens is 198 g/mol. The predicted octanol–water partition coefficient (Wildman–Crippen LogP) is 1.20. The Bertz CT molecular complexity index is 278. The highest BCUT2D eigenvalue weighted by molar-refractivity contribution is 7.90. The second kappa shape index (κ2) is 4.19. The van der Waals surface area contributed by atoms with Crippen molar-refractivity contribution in [3.05, 3.63) is 0 Å². The van der Waals surface area contributed by atoms with Crippen molar-refractivity contribution in [2.24, 2.45) is 5.41 Å². The first-order chi connectivity index (χ1) is 6.33. The lowest BCUT2D eigenvalue weighted by atomic mass is 10.0. The molecule has 0 aromatic heterocycles. The Balaban J connectivity index is 2.29. The Labute approximate surface area is 87.2 Å². The van der Waals surface area contributed by atoms with E-state index in [1.165, 1.54) is 19.1 Å². The van der Waals surface area contributed by atoms with Gasteiger partial charge in [-0.3, -0.25) is 0 Å². The number of rotatable bonds is 6. The second-order valence-electron chi connectivity index (χ2n) is 4.92. The third-order valence-corrected chi connectivity index (χ3v) is 3.79. The summed E-state index contributed by atoms with van der Waals surface area (Å²) in [6.45, 7) is 5.21. The molecule has 1 rings (SSSR count). The molecule has 0 spiro atoms. The summed E-state index contributed by atoms with van der Waals surface area (Å²) in [4.78, 5) is 0. The van der Waals surface area contributed by atoms with Crippen LogP contribution in [0.15, 0.2) is 0 Å². The lowest BCUT2D eigenvalue weighted by Crippen LogP contribution is -2.30. The molecule has 0 bridgehead atoms. The molecule has 1 fully saturated rings. The van der Waals surface area contributed by atoms with Crippen LogP contribution in [-0.4, -0.2) is 33.0 Å². The Morgan fingerprint density at radius 1 is 1.36 bits per heavy atom. The summed E-state index contributed by atoms with van der Waals surface area (Å²) < 4.78 is 22.0. The molecule has 3 nitrogen and oxygen atoms in total. The number of nitrogens with one attached hydrogen (secondary N) is 1. The minimum atomic E-state index is -2.78. The summed E-state index contributed by atoms with van der Waals surface area (Å²) in [5.41, 5.74) is 0.299. The van der Waals surface area contributed by atoms with Crippen LogP contribution in [-0.2, 0) is 9.84 Å². The zero-order valence-corrected chi connectivity index (χ0v) is 10.2. The van der Waals surface area contributed by atoms with E-state index in [2.05, 4.69) is 19.2 Å². The topological polar surface area (TPSA) is 46.2 Å². The monoisotopic (exact) mass is 219 g/mol. The van der Waals surface area contributed by atoms with Crippen molar-refractivity contribution in [1.29, 1.82) is 0 Å². The third kappa shape index (κ3) is 4.42.